The molecular weight excluding hydrogens is 594 g/mol. The summed E-state index contributed by atoms with van der Waals surface area (Å²) in [4.78, 5) is 27.7. The Morgan fingerprint density at radius 2 is 1.67 bits per heavy atom. The molecule has 6 rings (SSSR count). The number of benzene rings is 3. The van der Waals surface area contributed by atoms with Crippen molar-refractivity contribution in [2.45, 2.75) is 38.6 Å². The molecule has 4 N–H and O–H groups in total. The van der Waals surface area contributed by atoms with Crippen LogP contribution in [0.25, 0.3) is 10.9 Å². The highest BCUT2D eigenvalue weighted by atomic mass is 19.1. The maximum Gasteiger partial charge on any atom is 0.303 e. The lowest BCUT2D eigenvalue weighted by atomic mass is 10.0. The van der Waals surface area contributed by atoms with Gasteiger partial charge in [0.15, 0.2) is 5.82 Å². The molecule has 244 valence electrons. The number of hydrogen-bond acceptors (Lipinski definition) is 7. The van der Waals surface area contributed by atoms with Crippen LogP contribution in [0.5, 0.6) is 0 Å². The standard InChI is InChI=1S/C31H34F2N6O2.C3H6O2/c1-38-8-10-39(11-9-38)25-3-4-26(29(19-25)34-24-6-12-41-13-7-24)31(40)35-30-27-17-20(2-5-28(27)36-37-30)14-21-15-22(32)18-23(33)16-21;1-2-3(4)5/h2-5,15-19,24,34H,6-14H2,1H3,(H2,35,36,37,40);2H2,1H3,(H,4,5). The van der Waals surface area contributed by atoms with Gasteiger partial charge in [0.05, 0.1) is 11.1 Å². The van der Waals surface area contributed by atoms with Gasteiger partial charge in [-0.3, -0.25) is 14.7 Å². The molecule has 0 radical (unpaired) electrons. The van der Waals surface area contributed by atoms with Crippen molar-refractivity contribution in [2.24, 2.45) is 0 Å². The molecule has 12 heteroatoms. The van der Waals surface area contributed by atoms with Crippen LogP contribution in [0.1, 0.15) is 47.7 Å². The molecule has 1 amide bonds. The number of amides is 1. The number of aliphatic carboxylic acids is 1. The van der Waals surface area contributed by atoms with Crippen molar-refractivity contribution in [2.75, 3.05) is 62.0 Å². The van der Waals surface area contributed by atoms with E-state index in [2.05, 4.69) is 43.7 Å². The number of carboxylic acids is 1. The monoisotopic (exact) mass is 634 g/mol. The Balaban J connectivity index is 0.000000775. The van der Waals surface area contributed by atoms with Gasteiger partial charge in [-0.15, -0.1) is 0 Å². The van der Waals surface area contributed by atoms with E-state index in [9.17, 15) is 18.4 Å². The summed E-state index contributed by atoms with van der Waals surface area (Å²) >= 11 is 0. The molecule has 3 heterocycles. The quantitative estimate of drug-likeness (QED) is 0.200. The van der Waals surface area contributed by atoms with Gasteiger partial charge in [0.2, 0.25) is 0 Å². The molecule has 0 bridgehead atoms. The first-order chi connectivity index (χ1) is 22.2. The number of aromatic amines is 1. The van der Waals surface area contributed by atoms with Crippen LogP contribution >= 0.6 is 0 Å². The van der Waals surface area contributed by atoms with Gasteiger partial charge in [-0.2, -0.15) is 5.10 Å². The first-order valence-corrected chi connectivity index (χ1v) is 15.6. The number of rotatable bonds is 8. The number of aromatic nitrogens is 2. The highest BCUT2D eigenvalue weighted by molar-refractivity contribution is 6.11. The second-order valence-corrected chi connectivity index (χ2v) is 11.7. The predicted molar refractivity (Wildman–Crippen MR) is 175 cm³/mol. The van der Waals surface area contributed by atoms with E-state index < -0.39 is 17.6 Å². The smallest absolute Gasteiger partial charge is 0.303 e. The van der Waals surface area contributed by atoms with Crippen molar-refractivity contribution in [3.63, 3.8) is 0 Å². The van der Waals surface area contributed by atoms with Crippen LogP contribution in [0.3, 0.4) is 0 Å². The summed E-state index contributed by atoms with van der Waals surface area (Å²) in [5, 5.41) is 22.4. The molecule has 1 aromatic heterocycles. The number of nitrogens with zero attached hydrogens (tertiary/aromatic N) is 3. The molecule has 0 spiro atoms. The third kappa shape index (κ3) is 8.58. The number of fused-ring (bicyclic) bond motifs is 1. The molecule has 2 aliphatic heterocycles. The third-order valence-corrected chi connectivity index (χ3v) is 8.19. The number of H-pyrrole nitrogens is 1. The summed E-state index contributed by atoms with van der Waals surface area (Å²) in [5.74, 6) is -1.83. The van der Waals surface area contributed by atoms with Gasteiger partial charge >= 0.3 is 5.97 Å². The van der Waals surface area contributed by atoms with Crippen molar-refractivity contribution >= 4 is 40.0 Å². The minimum absolute atomic E-state index is 0.222. The fraction of sp³-hybridized carbons (Fsp3) is 0.382. The third-order valence-electron chi connectivity index (χ3n) is 8.19. The number of likely N-dealkylation sites (N-methyl/N-ethyl adjacent to an activating group) is 1. The van der Waals surface area contributed by atoms with Gasteiger partial charge in [0.1, 0.15) is 11.6 Å². The van der Waals surface area contributed by atoms with Crippen LogP contribution in [0.4, 0.5) is 26.0 Å². The number of nitrogens with one attached hydrogen (secondary N) is 3. The number of carbonyl (C=O) groups excluding carboxylic acids is 1. The Bertz CT molecular complexity index is 1640. The fourth-order valence-electron chi connectivity index (χ4n) is 5.56. The summed E-state index contributed by atoms with van der Waals surface area (Å²) in [6.07, 6.45) is 2.32. The molecule has 46 heavy (non-hydrogen) atoms. The maximum atomic E-state index is 13.7. The van der Waals surface area contributed by atoms with Gasteiger partial charge < -0.3 is 30.3 Å². The zero-order valence-corrected chi connectivity index (χ0v) is 26.1. The van der Waals surface area contributed by atoms with E-state index in [-0.39, 0.29) is 18.4 Å². The average molecular weight is 635 g/mol. The molecule has 2 saturated heterocycles. The highest BCUT2D eigenvalue weighted by Crippen LogP contribution is 2.29. The average Bonchev–Trinajstić information content (AvgIpc) is 3.43. The summed E-state index contributed by atoms with van der Waals surface area (Å²) in [7, 11) is 2.13. The molecule has 0 aliphatic carbocycles. The number of piperazine rings is 1. The van der Waals surface area contributed by atoms with E-state index in [0.717, 1.165) is 72.9 Å². The topological polar surface area (TPSA) is 123 Å². The minimum atomic E-state index is -0.745. The molecule has 0 saturated carbocycles. The van der Waals surface area contributed by atoms with Crippen LogP contribution in [-0.2, 0) is 16.0 Å². The Labute approximate surface area is 266 Å². The predicted octanol–water partition coefficient (Wildman–Crippen LogP) is 5.51. The van der Waals surface area contributed by atoms with Crippen molar-refractivity contribution < 1.29 is 28.2 Å². The number of hydrogen-bond donors (Lipinski definition) is 4. The Morgan fingerprint density at radius 3 is 2.35 bits per heavy atom. The molecule has 0 unspecified atom stereocenters. The number of carboxylic acid groups (broad SMARTS) is 1. The zero-order valence-electron chi connectivity index (χ0n) is 26.1. The number of halogens is 2. The van der Waals surface area contributed by atoms with Crippen molar-refractivity contribution in [3.05, 3.63) is 82.9 Å². The van der Waals surface area contributed by atoms with E-state index in [4.69, 9.17) is 9.84 Å². The van der Waals surface area contributed by atoms with Crippen LogP contribution in [0, 0.1) is 11.6 Å². The minimum Gasteiger partial charge on any atom is -0.481 e. The van der Waals surface area contributed by atoms with Gasteiger partial charge in [0.25, 0.3) is 5.91 Å². The van der Waals surface area contributed by atoms with Crippen LogP contribution in [0.2, 0.25) is 0 Å². The second-order valence-electron chi connectivity index (χ2n) is 11.7. The maximum absolute atomic E-state index is 13.7. The Kier molecular flexibility index (Phi) is 10.8. The summed E-state index contributed by atoms with van der Waals surface area (Å²) < 4.78 is 33.0. The fourth-order valence-corrected chi connectivity index (χ4v) is 5.56. The van der Waals surface area contributed by atoms with E-state index in [0.29, 0.717) is 36.6 Å². The second kappa shape index (κ2) is 15.2. The molecule has 2 aliphatic rings. The Morgan fingerprint density at radius 1 is 0.978 bits per heavy atom. The summed E-state index contributed by atoms with van der Waals surface area (Å²) in [6, 6.07) is 15.3. The number of ether oxygens (including phenoxy) is 1. The van der Waals surface area contributed by atoms with Crippen molar-refractivity contribution in [1.29, 1.82) is 0 Å². The van der Waals surface area contributed by atoms with Gasteiger partial charge in [0, 0.05) is 74.7 Å². The van der Waals surface area contributed by atoms with E-state index in [1.54, 1.807) is 6.92 Å². The first kappa shape index (κ1) is 32.8. The SMILES string of the molecule is CCC(=O)O.CN1CCN(c2ccc(C(=O)Nc3n[nH]c4ccc(Cc5cc(F)cc(F)c5)cc34)c(NC3CCOCC3)c2)CC1. The molecule has 2 fully saturated rings. The summed E-state index contributed by atoms with van der Waals surface area (Å²) in [5.41, 5.74) is 4.54. The largest absolute Gasteiger partial charge is 0.481 e. The van der Waals surface area contributed by atoms with Crippen LogP contribution in [0.15, 0.2) is 54.6 Å². The van der Waals surface area contributed by atoms with Gasteiger partial charge in [-0.1, -0.05) is 13.0 Å². The zero-order chi connectivity index (χ0) is 32.6. The van der Waals surface area contributed by atoms with Crippen LogP contribution < -0.4 is 15.5 Å². The van der Waals surface area contributed by atoms with Crippen LogP contribution in [-0.4, -0.2) is 84.6 Å². The summed E-state index contributed by atoms with van der Waals surface area (Å²) in [6.45, 7) is 6.84. The van der Waals surface area contributed by atoms with Gasteiger partial charge in [-0.25, -0.2) is 8.78 Å². The lowest BCUT2D eigenvalue weighted by molar-refractivity contribution is -0.136. The lowest BCUT2D eigenvalue weighted by Crippen LogP contribution is -2.44. The van der Waals surface area contributed by atoms with E-state index in [1.165, 1.54) is 12.1 Å². The Hall–Kier alpha value is -4.55. The lowest BCUT2D eigenvalue weighted by Gasteiger charge is -2.34. The highest BCUT2D eigenvalue weighted by Gasteiger charge is 2.22. The van der Waals surface area contributed by atoms with Gasteiger partial charge in [-0.05, 0) is 79.9 Å². The molecule has 0 atom stereocenters. The molecule has 3 aromatic carbocycles. The first-order valence-electron chi connectivity index (χ1n) is 15.6. The van der Waals surface area contributed by atoms with Crippen molar-refractivity contribution in [3.8, 4) is 0 Å². The van der Waals surface area contributed by atoms with E-state index in [1.807, 2.05) is 30.3 Å². The number of anilines is 3. The van der Waals surface area contributed by atoms with E-state index >= 15 is 0 Å². The number of carbonyl (C=O) groups is 2. The molecule has 10 nitrogen and oxygen atoms in total. The normalized spacial score (nSPS) is 15.7. The van der Waals surface area contributed by atoms with Crippen molar-refractivity contribution in [1.82, 2.24) is 15.1 Å². The molecular formula is C34H40F2N6O4. The molecule has 4 aromatic rings.